The lowest BCUT2D eigenvalue weighted by atomic mass is 9.81. The first-order chi connectivity index (χ1) is 40.0. The number of ketones is 1. The molecule has 6 fully saturated rings. The quantitative estimate of drug-likeness (QED) is 0.0301. The number of halogens is 1. The normalized spacial score (nSPS) is 32.7. The largest absolute Gasteiger partial charge is 0.458 e. The van der Waals surface area contributed by atoms with E-state index in [9.17, 15) is 9.59 Å². The number of methoxy groups -OCH3 is 2. The van der Waals surface area contributed by atoms with Crippen LogP contribution in [0.15, 0.2) is 53.5 Å². The summed E-state index contributed by atoms with van der Waals surface area (Å²) in [5.74, 6) is -0.214. The molecule has 6 aliphatic rings. The van der Waals surface area contributed by atoms with Crippen LogP contribution in [-0.4, -0.2) is 162 Å². The van der Waals surface area contributed by atoms with Crippen molar-refractivity contribution < 1.29 is 65.5 Å². The third-order valence-electron chi connectivity index (χ3n) is 21.2. The average Bonchev–Trinajstić information content (AvgIpc) is 2.12. The number of fused-ring (bicyclic) bond motifs is 2. The predicted molar refractivity (Wildman–Crippen MR) is 347 cm³/mol. The first-order valence-electron chi connectivity index (χ1n) is 32.8. The zero-order valence-corrected chi connectivity index (χ0v) is 59.8. The lowest BCUT2D eigenvalue weighted by molar-refractivity contribution is -0.233. The van der Waals surface area contributed by atoms with E-state index in [-0.39, 0.29) is 126 Å². The van der Waals surface area contributed by atoms with Gasteiger partial charge < -0.3 is 55.9 Å². The third-order valence-corrected chi connectivity index (χ3v) is 35.3. The highest BCUT2D eigenvalue weighted by molar-refractivity contribution is 9.11. The van der Waals surface area contributed by atoms with Crippen LogP contribution >= 0.6 is 15.9 Å². The second-order valence-electron chi connectivity index (χ2n) is 29.0. The molecule has 1 aromatic rings. The van der Waals surface area contributed by atoms with Gasteiger partial charge in [0.15, 0.2) is 25.0 Å². The minimum Gasteiger partial charge on any atom is -0.458 e. The van der Waals surface area contributed by atoms with Crippen molar-refractivity contribution in [3.63, 3.8) is 0 Å². The molecule has 6 saturated heterocycles. The van der Waals surface area contributed by atoms with Crippen molar-refractivity contribution in [3.8, 4) is 0 Å². The van der Waals surface area contributed by atoms with Crippen molar-refractivity contribution in [2.24, 2.45) is 11.8 Å². The van der Waals surface area contributed by atoms with Crippen LogP contribution in [0.25, 0.3) is 0 Å². The maximum atomic E-state index is 15.0. The van der Waals surface area contributed by atoms with Crippen LogP contribution in [0.2, 0.25) is 54.4 Å². The lowest BCUT2D eigenvalue weighted by Gasteiger charge is -2.45. The van der Waals surface area contributed by atoms with Gasteiger partial charge in [-0.3, -0.25) is 4.79 Å². The Morgan fingerprint density at radius 2 is 1.39 bits per heavy atom. The highest BCUT2D eigenvalue weighted by atomic mass is 79.9. The minimum atomic E-state index is -2.27. The SMILES string of the molecule is C=C(Br)CC(CCC1OC2C3CC1OC([C@@H]1CCCC(CC(=O)CC4C(CC5OC(CCCO[Si](CC)(CC)CC)CC(C)C5=C)O[C@H](CC(CO[Si](C)(C)C(C)(C)C)O[Si](C)(C)C(C)(C)C)[C@@H]4OC)O1)C(O3)[C@H]2OC)OC(=O)c1ccccc1. The van der Waals surface area contributed by atoms with Gasteiger partial charge in [0.2, 0.25) is 0 Å². The van der Waals surface area contributed by atoms with Gasteiger partial charge >= 0.3 is 5.97 Å². The number of hydrogen-bond acceptors (Lipinski definition) is 14. The predicted octanol–water partition coefficient (Wildman–Crippen LogP) is 15.0. The summed E-state index contributed by atoms with van der Waals surface area (Å²) in [5.41, 5.74) is 1.59. The summed E-state index contributed by atoms with van der Waals surface area (Å²) in [5, 5.41) is 0.00934. The molecule has 14 unspecified atom stereocenters. The van der Waals surface area contributed by atoms with Gasteiger partial charge in [-0.25, -0.2) is 4.79 Å². The van der Waals surface area contributed by atoms with Crippen molar-refractivity contribution in [2.75, 3.05) is 27.4 Å². The average molecular weight is 1310 g/mol. The van der Waals surface area contributed by atoms with Crippen LogP contribution in [0.1, 0.15) is 169 Å². The standard InChI is InChI=1S/C67H113BrO14Si3/c1-19-85(20-2,21-3)73-34-26-30-48-35-43(4)45(6)55(76-48)40-56-52(60(71-13)58(78-56)39-51(82-84(17,18)67(10,11)12)42-74-83(15,16)66(7,8)9)38-47(69)37-49-29-25-31-54(75-49)61-64-63(72-14)62-59(81-64)41-57(80-61)53(79-62)33-32-50(36-44(5)68)77-65(70)46-27-23-22-24-28-46/h22-24,27-28,43,48-64H,5-6,19-21,25-26,29-42H2,1-4,7-18H3/t43?,48?,49?,50?,51?,52?,53?,54-,55?,56?,57?,58+,59?,60+,61?,62?,63-,64?/m0/s1. The van der Waals surface area contributed by atoms with E-state index in [0.717, 1.165) is 73.3 Å². The number of benzene rings is 1. The molecule has 14 nitrogen and oxygen atoms in total. The molecule has 0 spiro atoms. The van der Waals surface area contributed by atoms with Gasteiger partial charge in [-0.1, -0.05) is 117 Å². The number of rotatable bonds is 31. The second-order valence-corrected chi connectivity index (χ2v) is 44.5. The molecule has 0 amide bonds. The first-order valence-corrected chi connectivity index (χ1v) is 41.9. The summed E-state index contributed by atoms with van der Waals surface area (Å²) in [6.45, 7) is 42.0. The fourth-order valence-electron chi connectivity index (χ4n) is 13.7. The topological polar surface area (TPSA) is 145 Å². The van der Waals surface area contributed by atoms with Gasteiger partial charge in [-0.05, 0) is 134 Å². The Morgan fingerprint density at radius 1 is 0.718 bits per heavy atom. The van der Waals surface area contributed by atoms with Crippen molar-refractivity contribution in [3.05, 3.63) is 59.1 Å². The van der Waals surface area contributed by atoms with E-state index in [1.807, 2.05) is 18.2 Å². The van der Waals surface area contributed by atoms with Gasteiger partial charge in [0.05, 0.1) is 79.3 Å². The van der Waals surface area contributed by atoms with Crippen molar-refractivity contribution in [2.45, 2.75) is 311 Å². The van der Waals surface area contributed by atoms with E-state index in [1.165, 1.54) is 0 Å². The minimum absolute atomic E-state index is 0.0192. The molecule has 1 aromatic carbocycles. The molecule has 6 aliphatic heterocycles. The molecule has 0 aliphatic carbocycles. The van der Waals surface area contributed by atoms with Gasteiger partial charge in [0.25, 0.3) is 0 Å². The number of esters is 1. The first kappa shape index (κ1) is 71.0. The van der Waals surface area contributed by atoms with E-state index in [0.29, 0.717) is 50.7 Å². The molecule has 0 radical (unpaired) electrons. The summed E-state index contributed by atoms with van der Waals surface area (Å²) in [6.07, 6.45) is 4.49. The van der Waals surface area contributed by atoms with Crippen molar-refractivity contribution in [1.29, 1.82) is 0 Å². The smallest absolute Gasteiger partial charge is 0.338 e. The van der Waals surface area contributed by atoms with Gasteiger partial charge in [-0.2, -0.15) is 0 Å². The summed E-state index contributed by atoms with van der Waals surface area (Å²) in [4.78, 5) is 28.2. The van der Waals surface area contributed by atoms with Crippen molar-refractivity contribution >= 4 is 52.6 Å². The van der Waals surface area contributed by atoms with Gasteiger partial charge in [-0.15, -0.1) is 0 Å². The number of hydrogen-bond donors (Lipinski definition) is 0. The molecule has 0 saturated carbocycles. The van der Waals surface area contributed by atoms with E-state index < -0.39 is 43.3 Å². The number of Topliss-reactive ketones (excluding diaryl/α,β-unsaturated/α-hetero) is 1. The molecular weight excluding hydrogens is 1190 g/mol. The van der Waals surface area contributed by atoms with Crippen molar-refractivity contribution in [1.82, 2.24) is 0 Å². The molecule has 0 aromatic heterocycles. The molecular formula is C67H113BrO14Si3. The molecule has 0 N–H and O–H groups in total. The molecule has 484 valence electrons. The number of carbonyl (C=O) groups is 2. The number of ether oxygens (including phenoxy) is 9. The van der Waals surface area contributed by atoms with E-state index >= 15 is 0 Å². The Morgan fingerprint density at radius 3 is 2.02 bits per heavy atom. The van der Waals surface area contributed by atoms with Crippen LogP contribution < -0.4 is 0 Å². The molecule has 18 atom stereocenters. The van der Waals surface area contributed by atoms with Gasteiger partial charge in [0, 0.05) is 65.3 Å². The Hall–Kier alpha value is -1.47. The monoisotopic (exact) mass is 1300 g/mol. The molecule has 6 heterocycles. The summed E-state index contributed by atoms with van der Waals surface area (Å²) in [7, 11) is -2.63. The van der Waals surface area contributed by atoms with E-state index in [1.54, 1.807) is 26.4 Å². The maximum absolute atomic E-state index is 15.0. The third kappa shape index (κ3) is 18.2. The van der Waals surface area contributed by atoms with Crippen LogP contribution in [0.4, 0.5) is 0 Å². The highest BCUT2D eigenvalue weighted by Crippen LogP contribution is 2.47. The number of carbonyl (C=O) groups excluding carboxylic acids is 2. The van der Waals surface area contributed by atoms with Crippen LogP contribution in [0, 0.1) is 11.8 Å². The fourth-order valence-corrected chi connectivity index (χ4v) is 19.1. The Bertz CT molecular complexity index is 2300. The van der Waals surface area contributed by atoms with Crippen LogP contribution in [0.5, 0.6) is 0 Å². The molecule has 7 rings (SSSR count). The maximum Gasteiger partial charge on any atom is 0.338 e. The second kappa shape index (κ2) is 30.8. The van der Waals surface area contributed by atoms with E-state index in [4.69, 9.17) is 55.9 Å². The summed E-state index contributed by atoms with van der Waals surface area (Å²) in [6, 6.07) is 12.5. The van der Waals surface area contributed by atoms with Gasteiger partial charge in [0.1, 0.15) is 36.3 Å². The molecule has 3 bridgehead atoms. The highest BCUT2D eigenvalue weighted by Gasteiger charge is 2.60. The van der Waals surface area contributed by atoms with E-state index in [2.05, 4.69) is 125 Å². The van der Waals surface area contributed by atoms with Crippen LogP contribution in [0.3, 0.4) is 0 Å². The molecule has 85 heavy (non-hydrogen) atoms. The lowest BCUT2D eigenvalue weighted by Crippen LogP contribution is -2.58. The van der Waals surface area contributed by atoms with Crippen LogP contribution in [-0.2, 0) is 60.7 Å². The Labute approximate surface area is 524 Å². The zero-order chi connectivity index (χ0) is 62.2. The summed E-state index contributed by atoms with van der Waals surface area (Å²) < 4.78 is 82.7. The molecule has 18 heteroatoms. The Balaban J connectivity index is 1.07. The zero-order valence-electron chi connectivity index (χ0n) is 55.2. The fraction of sp³-hybridized carbons (Fsp3) is 0.821. The Kier molecular flexibility index (Phi) is 25.7. The summed E-state index contributed by atoms with van der Waals surface area (Å²) >= 11 is 3.52.